The highest BCUT2D eigenvalue weighted by atomic mass is 35.5. The van der Waals surface area contributed by atoms with Crippen molar-refractivity contribution in [2.24, 2.45) is 0 Å². The van der Waals surface area contributed by atoms with E-state index in [9.17, 15) is 4.79 Å². The van der Waals surface area contributed by atoms with E-state index in [1.54, 1.807) is 30.7 Å². The minimum atomic E-state index is -0.309. The van der Waals surface area contributed by atoms with Crippen LogP contribution in [0.1, 0.15) is 13.8 Å². The summed E-state index contributed by atoms with van der Waals surface area (Å²) in [5.41, 5.74) is 0.543. The van der Waals surface area contributed by atoms with Gasteiger partial charge in [-0.05, 0) is 26.0 Å². The largest absolute Gasteiger partial charge is 0.490 e. The number of ether oxygens (including phenoxy) is 1. The first-order valence-corrected chi connectivity index (χ1v) is 7.42. The standard InChI is InChI=1S/C15H19ClN4O2/c1-3-22-14-12(16)5-4-6-13(14)19-15(21)18-11(2)9-20-8-7-17-10-20/h4-8,10-11H,3,9H2,1-2H3,(H2,18,19,21)/t11-/m0/s1. The summed E-state index contributed by atoms with van der Waals surface area (Å²) in [6.45, 7) is 4.89. The third-order valence-electron chi connectivity index (χ3n) is 2.93. The number of halogens is 1. The molecule has 0 fully saturated rings. The van der Waals surface area contributed by atoms with Crippen LogP contribution in [0.2, 0.25) is 5.02 Å². The number of hydrogen-bond donors (Lipinski definition) is 2. The van der Waals surface area contributed by atoms with E-state index in [2.05, 4.69) is 15.6 Å². The Labute approximate surface area is 134 Å². The van der Waals surface area contributed by atoms with Crippen LogP contribution in [0, 0.1) is 0 Å². The molecule has 0 aliphatic rings. The maximum Gasteiger partial charge on any atom is 0.319 e. The van der Waals surface area contributed by atoms with Gasteiger partial charge in [-0.2, -0.15) is 0 Å². The number of anilines is 1. The van der Waals surface area contributed by atoms with Crippen LogP contribution < -0.4 is 15.4 Å². The summed E-state index contributed by atoms with van der Waals surface area (Å²) < 4.78 is 7.37. The molecule has 0 aliphatic carbocycles. The molecule has 0 radical (unpaired) electrons. The molecule has 2 N–H and O–H groups in total. The Kier molecular flexibility index (Phi) is 5.66. The molecule has 118 valence electrons. The quantitative estimate of drug-likeness (QED) is 0.858. The second-order valence-electron chi connectivity index (χ2n) is 4.81. The van der Waals surface area contributed by atoms with Gasteiger partial charge >= 0.3 is 6.03 Å². The lowest BCUT2D eigenvalue weighted by atomic mass is 10.3. The molecular formula is C15H19ClN4O2. The average molecular weight is 323 g/mol. The van der Waals surface area contributed by atoms with Crippen molar-refractivity contribution in [3.05, 3.63) is 41.9 Å². The summed E-state index contributed by atoms with van der Waals surface area (Å²) in [4.78, 5) is 16.0. The van der Waals surface area contributed by atoms with E-state index < -0.39 is 0 Å². The number of para-hydroxylation sites is 1. The van der Waals surface area contributed by atoms with E-state index >= 15 is 0 Å². The van der Waals surface area contributed by atoms with Gasteiger partial charge in [0.1, 0.15) is 0 Å². The average Bonchev–Trinajstić information content (AvgIpc) is 2.95. The maximum atomic E-state index is 12.1. The number of carbonyl (C=O) groups excluding carboxylic acids is 1. The van der Waals surface area contributed by atoms with Gasteiger partial charge in [0.15, 0.2) is 5.75 Å². The van der Waals surface area contributed by atoms with E-state index in [4.69, 9.17) is 16.3 Å². The Morgan fingerprint density at radius 1 is 1.50 bits per heavy atom. The number of hydrogen-bond acceptors (Lipinski definition) is 3. The van der Waals surface area contributed by atoms with Crippen LogP contribution >= 0.6 is 11.6 Å². The molecule has 0 aliphatic heterocycles. The molecule has 0 bridgehead atoms. The fraction of sp³-hybridized carbons (Fsp3) is 0.333. The van der Waals surface area contributed by atoms with Gasteiger partial charge < -0.3 is 19.9 Å². The number of carbonyl (C=O) groups is 1. The summed E-state index contributed by atoms with van der Waals surface area (Å²) in [5, 5.41) is 6.08. The van der Waals surface area contributed by atoms with Crippen molar-refractivity contribution >= 4 is 23.3 Å². The highest BCUT2D eigenvalue weighted by molar-refractivity contribution is 6.32. The molecule has 2 aromatic rings. The monoisotopic (exact) mass is 322 g/mol. The van der Waals surface area contributed by atoms with Crippen molar-refractivity contribution < 1.29 is 9.53 Å². The molecule has 7 heteroatoms. The molecule has 2 amide bonds. The van der Waals surface area contributed by atoms with Crippen LogP contribution in [0.5, 0.6) is 5.75 Å². The fourth-order valence-electron chi connectivity index (χ4n) is 2.04. The number of rotatable bonds is 6. The molecule has 22 heavy (non-hydrogen) atoms. The molecule has 1 atom stereocenters. The lowest BCUT2D eigenvalue weighted by Gasteiger charge is -2.17. The lowest BCUT2D eigenvalue weighted by Crippen LogP contribution is -2.38. The van der Waals surface area contributed by atoms with Gasteiger partial charge in [-0.1, -0.05) is 17.7 Å². The number of aromatic nitrogens is 2. The molecule has 0 saturated carbocycles. The van der Waals surface area contributed by atoms with Crippen LogP contribution in [0.25, 0.3) is 0 Å². The normalized spacial score (nSPS) is 11.8. The van der Waals surface area contributed by atoms with Crippen molar-refractivity contribution in [1.82, 2.24) is 14.9 Å². The van der Waals surface area contributed by atoms with Crippen molar-refractivity contribution in [3.63, 3.8) is 0 Å². The first-order chi connectivity index (χ1) is 10.6. The summed E-state index contributed by atoms with van der Waals surface area (Å²) in [6.07, 6.45) is 5.26. The summed E-state index contributed by atoms with van der Waals surface area (Å²) in [5.74, 6) is 0.476. The van der Waals surface area contributed by atoms with E-state index in [0.717, 1.165) is 0 Å². The number of imidazole rings is 1. The number of amides is 2. The molecule has 0 saturated heterocycles. The van der Waals surface area contributed by atoms with E-state index in [1.807, 2.05) is 24.6 Å². The highest BCUT2D eigenvalue weighted by Crippen LogP contribution is 2.32. The SMILES string of the molecule is CCOc1c(Cl)cccc1NC(=O)N[C@@H](C)Cn1ccnc1. The fourth-order valence-corrected chi connectivity index (χ4v) is 2.27. The minimum absolute atomic E-state index is 0.0519. The number of urea groups is 1. The second kappa shape index (κ2) is 7.70. The highest BCUT2D eigenvalue weighted by Gasteiger charge is 2.13. The van der Waals surface area contributed by atoms with Gasteiger partial charge in [0.25, 0.3) is 0 Å². The first-order valence-electron chi connectivity index (χ1n) is 7.04. The van der Waals surface area contributed by atoms with Crippen LogP contribution in [0.4, 0.5) is 10.5 Å². The minimum Gasteiger partial charge on any atom is -0.490 e. The number of nitrogens with one attached hydrogen (secondary N) is 2. The van der Waals surface area contributed by atoms with Crippen molar-refractivity contribution in [2.45, 2.75) is 26.4 Å². The molecule has 0 unspecified atom stereocenters. The molecule has 1 aromatic carbocycles. The topological polar surface area (TPSA) is 68.2 Å². The number of nitrogens with zero attached hydrogens (tertiary/aromatic N) is 2. The van der Waals surface area contributed by atoms with Crippen LogP contribution in [-0.4, -0.2) is 28.2 Å². The van der Waals surface area contributed by atoms with Crippen LogP contribution in [0.3, 0.4) is 0 Å². The first kappa shape index (κ1) is 16.2. The Morgan fingerprint density at radius 3 is 3.00 bits per heavy atom. The Morgan fingerprint density at radius 2 is 2.32 bits per heavy atom. The molecule has 1 heterocycles. The summed E-state index contributed by atoms with van der Waals surface area (Å²) >= 11 is 6.09. The zero-order chi connectivity index (χ0) is 15.9. The Bertz CT molecular complexity index is 616. The summed E-state index contributed by atoms with van der Waals surface area (Å²) in [7, 11) is 0. The van der Waals surface area contributed by atoms with Crippen molar-refractivity contribution in [3.8, 4) is 5.75 Å². The van der Waals surface area contributed by atoms with Crippen LogP contribution in [-0.2, 0) is 6.54 Å². The maximum absolute atomic E-state index is 12.1. The molecule has 1 aromatic heterocycles. The third kappa shape index (κ3) is 4.39. The van der Waals surface area contributed by atoms with Gasteiger partial charge in [-0.3, -0.25) is 0 Å². The van der Waals surface area contributed by atoms with E-state index in [0.29, 0.717) is 29.6 Å². The van der Waals surface area contributed by atoms with Crippen molar-refractivity contribution in [2.75, 3.05) is 11.9 Å². The predicted octanol–water partition coefficient (Wildman–Crippen LogP) is 3.15. The van der Waals surface area contributed by atoms with Crippen LogP contribution in [0.15, 0.2) is 36.9 Å². The van der Waals surface area contributed by atoms with Gasteiger partial charge in [0.2, 0.25) is 0 Å². The zero-order valence-corrected chi connectivity index (χ0v) is 13.3. The second-order valence-corrected chi connectivity index (χ2v) is 5.22. The summed E-state index contributed by atoms with van der Waals surface area (Å²) in [6, 6.07) is 4.86. The third-order valence-corrected chi connectivity index (χ3v) is 3.22. The Hall–Kier alpha value is -2.21. The van der Waals surface area contributed by atoms with Gasteiger partial charge in [0, 0.05) is 25.0 Å². The molecule has 2 rings (SSSR count). The Balaban J connectivity index is 1.95. The predicted molar refractivity (Wildman–Crippen MR) is 86.5 cm³/mol. The molecular weight excluding hydrogens is 304 g/mol. The van der Waals surface area contributed by atoms with Crippen molar-refractivity contribution in [1.29, 1.82) is 0 Å². The molecule has 0 spiro atoms. The van der Waals surface area contributed by atoms with E-state index in [1.165, 1.54) is 0 Å². The smallest absolute Gasteiger partial charge is 0.319 e. The zero-order valence-electron chi connectivity index (χ0n) is 12.5. The van der Waals surface area contributed by atoms with E-state index in [-0.39, 0.29) is 12.1 Å². The molecule has 6 nitrogen and oxygen atoms in total. The lowest BCUT2D eigenvalue weighted by molar-refractivity contribution is 0.247. The van der Waals surface area contributed by atoms with Gasteiger partial charge in [0.05, 0.1) is 23.6 Å². The van der Waals surface area contributed by atoms with Gasteiger partial charge in [-0.15, -0.1) is 0 Å². The number of benzene rings is 1. The van der Waals surface area contributed by atoms with Gasteiger partial charge in [-0.25, -0.2) is 9.78 Å².